The van der Waals surface area contributed by atoms with Gasteiger partial charge in [0.2, 0.25) is 0 Å². The third kappa shape index (κ3) is 3.35. The molecule has 1 amide bonds. The highest BCUT2D eigenvalue weighted by Gasteiger charge is 2.34. The molecule has 0 aromatic rings. The van der Waals surface area contributed by atoms with Crippen molar-refractivity contribution in [3.8, 4) is 0 Å². The first-order valence-electron chi connectivity index (χ1n) is 6.64. The fourth-order valence-electron chi connectivity index (χ4n) is 2.74. The molecule has 4 heteroatoms. The number of ether oxygens (including phenoxy) is 1. The Morgan fingerprint density at radius 1 is 1.29 bits per heavy atom. The highest BCUT2D eigenvalue weighted by molar-refractivity contribution is 5.68. The van der Waals surface area contributed by atoms with Crippen LogP contribution in [0.3, 0.4) is 0 Å². The number of nitrogens with zero attached hydrogens (tertiary/aromatic N) is 1. The minimum absolute atomic E-state index is 0.147. The van der Waals surface area contributed by atoms with Gasteiger partial charge in [-0.2, -0.15) is 0 Å². The molecule has 0 aliphatic carbocycles. The summed E-state index contributed by atoms with van der Waals surface area (Å²) in [7, 11) is 0. The minimum Gasteiger partial charge on any atom is -0.444 e. The van der Waals surface area contributed by atoms with Crippen molar-refractivity contribution in [1.82, 2.24) is 10.2 Å². The van der Waals surface area contributed by atoms with Gasteiger partial charge in [-0.1, -0.05) is 0 Å². The Bertz CT molecular complexity index is 280. The van der Waals surface area contributed by atoms with E-state index >= 15 is 0 Å². The molecular weight excluding hydrogens is 216 g/mol. The van der Waals surface area contributed by atoms with Crippen LogP contribution in [-0.2, 0) is 4.74 Å². The Morgan fingerprint density at radius 3 is 2.65 bits per heavy atom. The summed E-state index contributed by atoms with van der Waals surface area (Å²) in [6, 6.07) is 0. The zero-order valence-electron chi connectivity index (χ0n) is 11.2. The van der Waals surface area contributed by atoms with Gasteiger partial charge in [-0.15, -0.1) is 0 Å². The summed E-state index contributed by atoms with van der Waals surface area (Å²) in [5.41, 5.74) is -0.385. The van der Waals surface area contributed by atoms with Gasteiger partial charge in [0.1, 0.15) is 5.60 Å². The highest BCUT2D eigenvalue weighted by atomic mass is 16.6. The maximum atomic E-state index is 11.9. The molecule has 2 fully saturated rings. The third-order valence-corrected chi connectivity index (χ3v) is 3.64. The van der Waals surface area contributed by atoms with Crippen molar-refractivity contribution in [2.75, 3.05) is 26.2 Å². The Morgan fingerprint density at radius 2 is 2.06 bits per heavy atom. The van der Waals surface area contributed by atoms with Crippen molar-refractivity contribution in [2.45, 2.75) is 39.2 Å². The van der Waals surface area contributed by atoms with E-state index in [0.29, 0.717) is 5.92 Å². The predicted molar refractivity (Wildman–Crippen MR) is 66.9 cm³/mol. The number of likely N-dealkylation sites (tertiary alicyclic amines) is 1. The van der Waals surface area contributed by atoms with Crippen molar-refractivity contribution in [3.05, 3.63) is 0 Å². The molecular formula is C13H24N2O2. The molecule has 98 valence electrons. The number of carbonyl (C=O) groups excluding carboxylic acids is 1. The van der Waals surface area contributed by atoms with Crippen LogP contribution < -0.4 is 5.32 Å². The number of rotatable bonds is 1. The van der Waals surface area contributed by atoms with E-state index in [-0.39, 0.29) is 11.7 Å². The average Bonchev–Trinajstić information content (AvgIpc) is 2.86. The zero-order valence-corrected chi connectivity index (χ0v) is 11.2. The van der Waals surface area contributed by atoms with E-state index in [1.807, 2.05) is 25.7 Å². The van der Waals surface area contributed by atoms with Gasteiger partial charge in [-0.3, -0.25) is 0 Å². The SMILES string of the molecule is CC(C)(C)OC(=O)N1CCC(C2CCNC2)C1. The van der Waals surface area contributed by atoms with Gasteiger partial charge < -0.3 is 15.0 Å². The monoisotopic (exact) mass is 240 g/mol. The number of amides is 1. The lowest BCUT2D eigenvalue weighted by Crippen LogP contribution is -2.35. The lowest BCUT2D eigenvalue weighted by Gasteiger charge is -2.25. The van der Waals surface area contributed by atoms with Crippen molar-refractivity contribution in [1.29, 1.82) is 0 Å². The van der Waals surface area contributed by atoms with Gasteiger partial charge in [-0.05, 0) is 58.5 Å². The van der Waals surface area contributed by atoms with Crippen molar-refractivity contribution < 1.29 is 9.53 Å². The largest absolute Gasteiger partial charge is 0.444 e. The Labute approximate surface area is 104 Å². The lowest BCUT2D eigenvalue weighted by atomic mass is 9.91. The third-order valence-electron chi connectivity index (χ3n) is 3.64. The minimum atomic E-state index is -0.385. The Kier molecular flexibility index (Phi) is 3.61. The molecule has 0 saturated carbocycles. The maximum Gasteiger partial charge on any atom is 0.410 e. The van der Waals surface area contributed by atoms with Crippen LogP contribution in [0.2, 0.25) is 0 Å². The summed E-state index contributed by atoms with van der Waals surface area (Å²) >= 11 is 0. The van der Waals surface area contributed by atoms with E-state index < -0.39 is 0 Å². The van der Waals surface area contributed by atoms with Crippen LogP contribution in [0, 0.1) is 11.8 Å². The standard InChI is InChI=1S/C13H24N2O2/c1-13(2,3)17-12(16)15-7-5-11(9-15)10-4-6-14-8-10/h10-11,14H,4-9H2,1-3H3. The molecule has 2 unspecified atom stereocenters. The van der Waals surface area contributed by atoms with Gasteiger partial charge in [0.15, 0.2) is 0 Å². The molecule has 0 aromatic heterocycles. The van der Waals surface area contributed by atoms with E-state index in [2.05, 4.69) is 5.32 Å². The first-order chi connectivity index (χ1) is 7.96. The molecule has 0 bridgehead atoms. The first-order valence-corrected chi connectivity index (χ1v) is 6.64. The van der Waals surface area contributed by atoms with Crippen LogP contribution in [0.15, 0.2) is 0 Å². The van der Waals surface area contributed by atoms with E-state index in [4.69, 9.17) is 4.74 Å². The van der Waals surface area contributed by atoms with Crippen LogP contribution in [0.4, 0.5) is 4.79 Å². The van der Waals surface area contributed by atoms with Crippen molar-refractivity contribution in [2.24, 2.45) is 11.8 Å². The normalized spacial score (nSPS) is 29.7. The molecule has 2 aliphatic heterocycles. The van der Waals surface area contributed by atoms with Gasteiger partial charge in [0.25, 0.3) is 0 Å². The molecule has 2 rings (SSSR count). The number of carbonyl (C=O) groups is 1. The summed E-state index contributed by atoms with van der Waals surface area (Å²) in [5.74, 6) is 1.42. The van der Waals surface area contributed by atoms with E-state index in [1.165, 1.54) is 6.42 Å². The molecule has 2 aliphatic rings. The number of hydrogen-bond donors (Lipinski definition) is 1. The Balaban J connectivity index is 1.82. The lowest BCUT2D eigenvalue weighted by molar-refractivity contribution is 0.0284. The second kappa shape index (κ2) is 4.84. The van der Waals surface area contributed by atoms with Gasteiger partial charge >= 0.3 is 6.09 Å². The zero-order chi connectivity index (χ0) is 12.5. The van der Waals surface area contributed by atoms with E-state index in [0.717, 1.165) is 38.5 Å². The molecule has 2 saturated heterocycles. The summed E-state index contributed by atoms with van der Waals surface area (Å²) < 4.78 is 5.40. The van der Waals surface area contributed by atoms with Gasteiger partial charge in [0.05, 0.1) is 0 Å². The number of hydrogen-bond acceptors (Lipinski definition) is 3. The fraction of sp³-hybridized carbons (Fsp3) is 0.923. The predicted octanol–water partition coefficient (Wildman–Crippen LogP) is 1.85. The molecule has 4 nitrogen and oxygen atoms in total. The molecule has 0 aromatic carbocycles. The quantitative estimate of drug-likeness (QED) is 0.760. The van der Waals surface area contributed by atoms with Crippen LogP contribution in [-0.4, -0.2) is 42.8 Å². The van der Waals surface area contributed by atoms with Crippen molar-refractivity contribution >= 4 is 6.09 Å². The highest BCUT2D eigenvalue weighted by Crippen LogP contribution is 2.29. The average molecular weight is 240 g/mol. The molecule has 1 N–H and O–H groups in total. The molecule has 2 atom stereocenters. The second-order valence-electron chi connectivity index (χ2n) is 6.23. The second-order valence-corrected chi connectivity index (χ2v) is 6.23. The van der Waals surface area contributed by atoms with Crippen LogP contribution in [0.25, 0.3) is 0 Å². The topological polar surface area (TPSA) is 41.6 Å². The summed E-state index contributed by atoms with van der Waals surface area (Å²) in [4.78, 5) is 13.8. The first kappa shape index (κ1) is 12.7. The molecule has 0 spiro atoms. The van der Waals surface area contributed by atoms with E-state index in [9.17, 15) is 4.79 Å². The van der Waals surface area contributed by atoms with Crippen molar-refractivity contribution in [3.63, 3.8) is 0 Å². The van der Waals surface area contributed by atoms with E-state index in [1.54, 1.807) is 0 Å². The van der Waals surface area contributed by atoms with Crippen LogP contribution in [0.1, 0.15) is 33.6 Å². The Hall–Kier alpha value is -0.770. The molecule has 17 heavy (non-hydrogen) atoms. The maximum absolute atomic E-state index is 11.9. The summed E-state index contributed by atoms with van der Waals surface area (Å²) in [5, 5.41) is 3.40. The fourth-order valence-corrected chi connectivity index (χ4v) is 2.74. The molecule has 0 radical (unpaired) electrons. The number of nitrogens with one attached hydrogen (secondary N) is 1. The molecule has 2 heterocycles. The van der Waals surface area contributed by atoms with Gasteiger partial charge in [-0.25, -0.2) is 4.79 Å². The smallest absolute Gasteiger partial charge is 0.410 e. The summed E-state index contributed by atoms with van der Waals surface area (Å²) in [6.07, 6.45) is 2.24. The summed E-state index contributed by atoms with van der Waals surface area (Å²) in [6.45, 7) is 9.73. The van der Waals surface area contributed by atoms with Gasteiger partial charge in [0, 0.05) is 13.1 Å². The van der Waals surface area contributed by atoms with Crippen LogP contribution >= 0.6 is 0 Å². The van der Waals surface area contributed by atoms with Crippen LogP contribution in [0.5, 0.6) is 0 Å².